The molecule has 0 aliphatic rings. The molecule has 4 nitrogen and oxygen atoms in total. The van der Waals surface area contributed by atoms with Crippen LogP contribution in [0.2, 0.25) is 5.02 Å². The minimum Gasteiger partial charge on any atom is -0.397 e. The van der Waals surface area contributed by atoms with Gasteiger partial charge in [0.1, 0.15) is 0 Å². The third-order valence-corrected chi connectivity index (χ3v) is 3.56. The minimum absolute atomic E-state index is 0.0378. The molecular weight excluding hydrogens is 262 g/mol. The number of nitrogens with zero attached hydrogens (tertiary/aromatic N) is 1. The van der Waals surface area contributed by atoms with Crippen LogP contribution in [0, 0.1) is 0 Å². The summed E-state index contributed by atoms with van der Waals surface area (Å²) in [4.78, 5) is 14.0. The van der Waals surface area contributed by atoms with E-state index in [0.29, 0.717) is 28.9 Å². The molecule has 1 rings (SSSR count). The number of hydrogen-bond acceptors (Lipinski definition) is 3. The molecule has 0 fully saturated rings. The Bertz CT molecular complexity index is 437. The van der Waals surface area contributed by atoms with Crippen molar-refractivity contribution in [1.82, 2.24) is 4.90 Å². The molecular formula is C14H22ClN3O. The third kappa shape index (κ3) is 5.09. The van der Waals surface area contributed by atoms with Crippen LogP contribution in [0.15, 0.2) is 18.2 Å². The van der Waals surface area contributed by atoms with Crippen LogP contribution < -0.4 is 11.1 Å². The van der Waals surface area contributed by atoms with E-state index in [1.54, 1.807) is 18.2 Å². The summed E-state index contributed by atoms with van der Waals surface area (Å²) < 4.78 is 0. The summed E-state index contributed by atoms with van der Waals surface area (Å²) in [6.07, 6.45) is 1.52. The van der Waals surface area contributed by atoms with Gasteiger partial charge in [-0.05, 0) is 38.6 Å². The first-order valence-corrected chi connectivity index (χ1v) is 6.87. The third-order valence-electron chi connectivity index (χ3n) is 3.32. The lowest BCUT2D eigenvalue weighted by Gasteiger charge is -2.23. The SMILES string of the molecule is CCC(C)N(C)CCC(=O)Nc1ccc(Cl)cc1N. The highest BCUT2D eigenvalue weighted by Gasteiger charge is 2.10. The molecule has 1 unspecified atom stereocenters. The Hall–Kier alpha value is -1.26. The van der Waals surface area contributed by atoms with Gasteiger partial charge in [0.2, 0.25) is 5.91 Å². The molecule has 0 aliphatic carbocycles. The first-order valence-electron chi connectivity index (χ1n) is 6.49. The van der Waals surface area contributed by atoms with Crippen LogP contribution in [0.25, 0.3) is 0 Å². The van der Waals surface area contributed by atoms with Crippen LogP contribution >= 0.6 is 11.6 Å². The maximum atomic E-state index is 11.8. The molecule has 0 radical (unpaired) electrons. The number of nitrogens with two attached hydrogens (primary N) is 1. The molecule has 3 N–H and O–H groups in total. The lowest BCUT2D eigenvalue weighted by molar-refractivity contribution is -0.116. The summed E-state index contributed by atoms with van der Waals surface area (Å²) in [5, 5.41) is 3.36. The lowest BCUT2D eigenvalue weighted by atomic mass is 10.2. The molecule has 106 valence electrons. The van der Waals surface area contributed by atoms with Crippen molar-refractivity contribution < 1.29 is 4.79 Å². The van der Waals surface area contributed by atoms with Crippen LogP contribution in [0.1, 0.15) is 26.7 Å². The fourth-order valence-corrected chi connectivity index (χ4v) is 1.85. The second kappa shape index (κ2) is 7.36. The van der Waals surface area contributed by atoms with Crippen molar-refractivity contribution in [1.29, 1.82) is 0 Å². The highest BCUT2D eigenvalue weighted by molar-refractivity contribution is 6.31. The number of amides is 1. The molecule has 1 aromatic carbocycles. The lowest BCUT2D eigenvalue weighted by Crippen LogP contribution is -2.31. The molecule has 0 heterocycles. The Kier molecular flexibility index (Phi) is 6.12. The van der Waals surface area contributed by atoms with Gasteiger partial charge in [-0.2, -0.15) is 0 Å². The first kappa shape index (κ1) is 15.8. The molecule has 1 atom stereocenters. The molecule has 1 amide bonds. The van der Waals surface area contributed by atoms with Crippen LogP contribution in [-0.2, 0) is 4.79 Å². The maximum Gasteiger partial charge on any atom is 0.225 e. The van der Waals surface area contributed by atoms with Crippen molar-refractivity contribution in [3.8, 4) is 0 Å². The minimum atomic E-state index is -0.0378. The van der Waals surface area contributed by atoms with Gasteiger partial charge in [0.15, 0.2) is 0 Å². The van der Waals surface area contributed by atoms with Crippen LogP contribution in [0.4, 0.5) is 11.4 Å². The van der Waals surface area contributed by atoms with Gasteiger partial charge < -0.3 is 16.0 Å². The monoisotopic (exact) mass is 283 g/mol. The predicted molar refractivity (Wildman–Crippen MR) is 81.5 cm³/mol. The van der Waals surface area contributed by atoms with E-state index >= 15 is 0 Å². The molecule has 19 heavy (non-hydrogen) atoms. The topological polar surface area (TPSA) is 58.4 Å². The van der Waals surface area contributed by atoms with Gasteiger partial charge in [-0.15, -0.1) is 0 Å². The van der Waals surface area contributed by atoms with Gasteiger partial charge >= 0.3 is 0 Å². The second-order valence-corrected chi connectivity index (χ2v) is 5.20. The standard InChI is InChI=1S/C14H22ClN3O/c1-4-10(2)18(3)8-7-14(19)17-13-6-5-11(15)9-12(13)16/h5-6,9-10H,4,7-8,16H2,1-3H3,(H,17,19). The Morgan fingerprint density at radius 2 is 2.21 bits per heavy atom. The summed E-state index contributed by atoms with van der Waals surface area (Å²) in [6, 6.07) is 5.53. The van der Waals surface area contributed by atoms with Gasteiger partial charge in [-0.3, -0.25) is 4.79 Å². The van der Waals surface area contributed by atoms with E-state index in [1.165, 1.54) is 0 Å². The Labute approximate surface area is 119 Å². The number of anilines is 2. The van der Waals surface area contributed by atoms with Crippen molar-refractivity contribution in [2.75, 3.05) is 24.6 Å². The number of nitrogens with one attached hydrogen (secondary N) is 1. The normalized spacial score (nSPS) is 12.5. The van der Waals surface area contributed by atoms with E-state index in [1.807, 2.05) is 7.05 Å². The molecule has 0 aromatic heterocycles. The Morgan fingerprint density at radius 3 is 2.79 bits per heavy atom. The Balaban J connectivity index is 2.47. The van der Waals surface area contributed by atoms with Gasteiger partial charge in [0.25, 0.3) is 0 Å². The number of hydrogen-bond donors (Lipinski definition) is 2. The van der Waals surface area contributed by atoms with Crippen LogP contribution in [0.5, 0.6) is 0 Å². The smallest absolute Gasteiger partial charge is 0.225 e. The number of carbonyl (C=O) groups is 1. The highest BCUT2D eigenvalue weighted by atomic mass is 35.5. The average molecular weight is 284 g/mol. The molecule has 5 heteroatoms. The number of rotatable bonds is 6. The summed E-state index contributed by atoms with van der Waals surface area (Å²) in [5.41, 5.74) is 6.88. The van der Waals surface area contributed by atoms with E-state index < -0.39 is 0 Å². The van der Waals surface area contributed by atoms with Gasteiger partial charge in [-0.1, -0.05) is 18.5 Å². The molecule has 0 aliphatic heterocycles. The van der Waals surface area contributed by atoms with Crippen molar-refractivity contribution >= 4 is 28.9 Å². The van der Waals surface area contributed by atoms with Crippen molar-refractivity contribution in [3.63, 3.8) is 0 Å². The number of nitrogen functional groups attached to an aromatic ring is 1. The molecule has 0 saturated carbocycles. The first-order chi connectivity index (χ1) is 8.93. The van der Waals surface area contributed by atoms with E-state index in [9.17, 15) is 4.79 Å². The summed E-state index contributed by atoms with van der Waals surface area (Å²) >= 11 is 5.81. The number of benzene rings is 1. The largest absolute Gasteiger partial charge is 0.397 e. The van der Waals surface area contributed by atoms with Gasteiger partial charge in [-0.25, -0.2) is 0 Å². The van der Waals surface area contributed by atoms with E-state index in [2.05, 4.69) is 24.1 Å². The number of halogens is 1. The fraction of sp³-hybridized carbons (Fsp3) is 0.500. The van der Waals surface area contributed by atoms with Crippen LogP contribution in [0.3, 0.4) is 0 Å². The maximum absolute atomic E-state index is 11.8. The van der Waals surface area contributed by atoms with Gasteiger partial charge in [0.05, 0.1) is 11.4 Å². The zero-order valence-electron chi connectivity index (χ0n) is 11.7. The Morgan fingerprint density at radius 1 is 1.53 bits per heavy atom. The highest BCUT2D eigenvalue weighted by Crippen LogP contribution is 2.22. The fourth-order valence-electron chi connectivity index (χ4n) is 1.67. The zero-order chi connectivity index (χ0) is 14.4. The van der Waals surface area contributed by atoms with Crippen molar-refractivity contribution in [2.24, 2.45) is 0 Å². The van der Waals surface area contributed by atoms with E-state index in [-0.39, 0.29) is 5.91 Å². The number of carbonyl (C=O) groups excluding carboxylic acids is 1. The second-order valence-electron chi connectivity index (χ2n) is 4.77. The summed E-state index contributed by atoms with van der Waals surface area (Å²) in [5.74, 6) is -0.0378. The van der Waals surface area contributed by atoms with Crippen molar-refractivity contribution in [2.45, 2.75) is 32.7 Å². The summed E-state index contributed by atoms with van der Waals surface area (Å²) in [6.45, 7) is 5.01. The summed E-state index contributed by atoms with van der Waals surface area (Å²) in [7, 11) is 2.03. The molecule has 0 bridgehead atoms. The van der Waals surface area contributed by atoms with Crippen LogP contribution in [-0.4, -0.2) is 30.4 Å². The molecule has 1 aromatic rings. The van der Waals surface area contributed by atoms with Gasteiger partial charge in [0, 0.05) is 24.0 Å². The van der Waals surface area contributed by atoms with E-state index in [4.69, 9.17) is 17.3 Å². The molecule has 0 saturated heterocycles. The quantitative estimate of drug-likeness (QED) is 0.789. The predicted octanol–water partition coefficient (Wildman–Crippen LogP) is 2.98. The van der Waals surface area contributed by atoms with Crippen molar-refractivity contribution in [3.05, 3.63) is 23.2 Å². The zero-order valence-corrected chi connectivity index (χ0v) is 12.5. The molecule has 0 spiro atoms. The average Bonchev–Trinajstić information content (AvgIpc) is 2.38. The van der Waals surface area contributed by atoms with E-state index in [0.717, 1.165) is 13.0 Å².